The molecule has 0 bridgehead atoms. The average Bonchev–Trinajstić information content (AvgIpc) is 2.61. The van der Waals surface area contributed by atoms with Gasteiger partial charge in [-0.3, -0.25) is 4.79 Å². The molecule has 0 heterocycles. The molecule has 2 saturated carbocycles. The van der Waals surface area contributed by atoms with E-state index in [1.165, 1.54) is 0 Å². The van der Waals surface area contributed by atoms with Crippen LogP contribution in [0.1, 0.15) is 39.5 Å². The van der Waals surface area contributed by atoms with Gasteiger partial charge in [0.1, 0.15) is 0 Å². The van der Waals surface area contributed by atoms with Gasteiger partial charge in [0.2, 0.25) is 5.91 Å². The zero-order chi connectivity index (χ0) is 11.1. The Kier molecular flexibility index (Phi) is 2.75. The van der Waals surface area contributed by atoms with Crippen LogP contribution >= 0.6 is 0 Å². The predicted molar refractivity (Wildman–Crippen MR) is 58.2 cm³/mol. The Labute approximate surface area is 91.2 Å². The fourth-order valence-electron chi connectivity index (χ4n) is 2.53. The molecule has 86 valence electrons. The van der Waals surface area contributed by atoms with E-state index in [0.717, 1.165) is 25.7 Å². The highest BCUT2D eigenvalue weighted by Gasteiger charge is 2.50. The van der Waals surface area contributed by atoms with E-state index < -0.39 is 0 Å². The van der Waals surface area contributed by atoms with E-state index in [0.29, 0.717) is 6.54 Å². The maximum Gasteiger partial charge on any atom is 0.223 e. The van der Waals surface area contributed by atoms with Crippen molar-refractivity contribution in [1.29, 1.82) is 0 Å². The highest BCUT2D eigenvalue weighted by atomic mass is 16.3. The summed E-state index contributed by atoms with van der Waals surface area (Å²) < 4.78 is 0. The van der Waals surface area contributed by atoms with Crippen molar-refractivity contribution in [2.45, 2.75) is 45.6 Å². The minimum absolute atomic E-state index is 0.180. The molecule has 2 aliphatic rings. The van der Waals surface area contributed by atoms with Gasteiger partial charge in [-0.1, -0.05) is 20.3 Å². The zero-order valence-corrected chi connectivity index (χ0v) is 9.62. The molecular formula is C12H21NO2. The molecular weight excluding hydrogens is 190 g/mol. The Morgan fingerprint density at radius 2 is 2.13 bits per heavy atom. The number of carbonyl (C=O) groups is 1. The summed E-state index contributed by atoms with van der Waals surface area (Å²) in [6, 6.07) is 0. The van der Waals surface area contributed by atoms with Crippen LogP contribution in [0.25, 0.3) is 0 Å². The van der Waals surface area contributed by atoms with Crippen molar-refractivity contribution in [1.82, 2.24) is 5.32 Å². The lowest BCUT2D eigenvalue weighted by molar-refractivity contribution is -0.123. The minimum Gasteiger partial charge on any atom is -0.393 e. The van der Waals surface area contributed by atoms with E-state index in [-0.39, 0.29) is 29.3 Å². The Balaban J connectivity index is 1.72. The van der Waals surface area contributed by atoms with Crippen LogP contribution in [0.2, 0.25) is 0 Å². The highest BCUT2D eigenvalue weighted by Crippen LogP contribution is 2.51. The SMILES string of the molecule is CC1(C)CC1C(=O)NCC1CCCC1O. The Hall–Kier alpha value is -0.570. The number of carbonyl (C=O) groups excluding carboxylic acids is 1. The molecule has 0 aliphatic heterocycles. The van der Waals surface area contributed by atoms with Gasteiger partial charge in [-0.05, 0) is 24.7 Å². The van der Waals surface area contributed by atoms with Crippen molar-refractivity contribution >= 4 is 5.91 Å². The molecule has 0 spiro atoms. The van der Waals surface area contributed by atoms with Crippen molar-refractivity contribution in [2.75, 3.05) is 6.54 Å². The standard InChI is InChI=1S/C12H21NO2/c1-12(2)6-9(12)11(15)13-7-8-4-3-5-10(8)14/h8-10,14H,3-7H2,1-2H3,(H,13,15). The molecule has 3 unspecified atom stereocenters. The number of hydrogen-bond donors (Lipinski definition) is 2. The van der Waals surface area contributed by atoms with Crippen LogP contribution in [-0.2, 0) is 4.79 Å². The summed E-state index contributed by atoms with van der Waals surface area (Å²) in [5, 5.41) is 12.6. The second-order valence-electron chi connectivity index (χ2n) is 5.75. The summed E-state index contributed by atoms with van der Waals surface area (Å²) in [7, 11) is 0. The van der Waals surface area contributed by atoms with Crippen LogP contribution in [0.4, 0.5) is 0 Å². The lowest BCUT2D eigenvalue weighted by Crippen LogP contribution is -2.34. The first-order valence-electron chi connectivity index (χ1n) is 5.96. The monoisotopic (exact) mass is 211 g/mol. The summed E-state index contributed by atoms with van der Waals surface area (Å²) in [6.07, 6.45) is 3.85. The molecule has 2 N–H and O–H groups in total. The van der Waals surface area contributed by atoms with E-state index in [1.807, 2.05) is 0 Å². The first-order valence-corrected chi connectivity index (χ1v) is 5.96. The van der Waals surface area contributed by atoms with Crippen LogP contribution in [-0.4, -0.2) is 23.7 Å². The van der Waals surface area contributed by atoms with Crippen molar-refractivity contribution < 1.29 is 9.90 Å². The number of nitrogens with one attached hydrogen (secondary N) is 1. The molecule has 0 saturated heterocycles. The molecule has 0 radical (unpaired) electrons. The van der Waals surface area contributed by atoms with Crippen LogP contribution < -0.4 is 5.32 Å². The number of aliphatic hydroxyl groups is 1. The first-order chi connectivity index (χ1) is 7.00. The van der Waals surface area contributed by atoms with Gasteiger partial charge in [-0.25, -0.2) is 0 Å². The Morgan fingerprint density at radius 3 is 2.60 bits per heavy atom. The first kappa shape index (κ1) is 10.9. The largest absolute Gasteiger partial charge is 0.393 e. The normalized spacial score (nSPS) is 37.7. The molecule has 0 aromatic carbocycles. The highest BCUT2D eigenvalue weighted by molar-refractivity contribution is 5.82. The van der Waals surface area contributed by atoms with Crippen molar-refractivity contribution in [3.8, 4) is 0 Å². The van der Waals surface area contributed by atoms with Gasteiger partial charge in [0, 0.05) is 18.4 Å². The third-order valence-corrected chi connectivity index (χ3v) is 3.99. The van der Waals surface area contributed by atoms with Gasteiger partial charge in [0.25, 0.3) is 0 Å². The molecule has 0 aromatic heterocycles. The van der Waals surface area contributed by atoms with E-state index in [4.69, 9.17) is 0 Å². The van der Waals surface area contributed by atoms with Crippen LogP contribution in [0, 0.1) is 17.3 Å². The molecule has 0 aromatic rings. The lowest BCUT2D eigenvalue weighted by Gasteiger charge is -2.15. The van der Waals surface area contributed by atoms with Gasteiger partial charge in [-0.15, -0.1) is 0 Å². The van der Waals surface area contributed by atoms with E-state index in [9.17, 15) is 9.90 Å². The summed E-state index contributed by atoms with van der Waals surface area (Å²) in [5.74, 6) is 0.672. The third kappa shape index (κ3) is 2.33. The minimum atomic E-state index is -0.197. The van der Waals surface area contributed by atoms with Gasteiger partial charge >= 0.3 is 0 Å². The maximum absolute atomic E-state index is 11.7. The lowest BCUT2D eigenvalue weighted by atomic mass is 10.1. The van der Waals surface area contributed by atoms with Gasteiger partial charge in [0.05, 0.1) is 6.10 Å². The smallest absolute Gasteiger partial charge is 0.223 e. The van der Waals surface area contributed by atoms with Crippen molar-refractivity contribution in [3.05, 3.63) is 0 Å². The molecule has 15 heavy (non-hydrogen) atoms. The Morgan fingerprint density at radius 1 is 1.47 bits per heavy atom. The summed E-state index contributed by atoms with van der Waals surface area (Å²) in [5.41, 5.74) is 0.207. The van der Waals surface area contributed by atoms with E-state index >= 15 is 0 Å². The third-order valence-electron chi connectivity index (χ3n) is 3.99. The number of amides is 1. The van der Waals surface area contributed by atoms with Gasteiger partial charge in [-0.2, -0.15) is 0 Å². The van der Waals surface area contributed by atoms with Gasteiger partial charge in [0.15, 0.2) is 0 Å². The summed E-state index contributed by atoms with van der Waals surface area (Å²) in [6.45, 7) is 4.91. The molecule has 3 atom stereocenters. The molecule has 3 heteroatoms. The second kappa shape index (κ2) is 3.78. The van der Waals surface area contributed by atoms with Gasteiger partial charge < -0.3 is 10.4 Å². The van der Waals surface area contributed by atoms with Crippen LogP contribution in [0.5, 0.6) is 0 Å². The van der Waals surface area contributed by atoms with Crippen LogP contribution in [0.15, 0.2) is 0 Å². The predicted octanol–water partition coefficient (Wildman–Crippen LogP) is 1.31. The van der Waals surface area contributed by atoms with Crippen molar-refractivity contribution in [2.24, 2.45) is 17.3 Å². The summed E-state index contributed by atoms with van der Waals surface area (Å²) in [4.78, 5) is 11.7. The second-order valence-corrected chi connectivity index (χ2v) is 5.75. The number of hydrogen-bond acceptors (Lipinski definition) is 2. The quantitative estimate of drug-likeness (QED) is 0.739. The van der Waals surface area contributed by atoms with E-state index in [2.05, 4.69) is 19.2 Å². The number of rotatable bonds is 3. The fraction of sp³-hybridized carbons (Fsp3) is 0.917. The Bertz CT molecular complexity index is 262. The topological polar surface area (TPSA) is 49.3 Å². The number of aliphatic hydroxyl groups excluding tert-OH is 1. The zero-order valence-electron chi connectivity index (χ0n) is 9.62. The molecule has 2 aliphatic carbocycles. The molecule has 2 rings (SSSR count). The molecule has 3 nitrogen and oxygen atoms in total. The summed E-state index contributed by atoms with van der Waals surface area (Å²) >= 11 is 0. The van der Waals surface area contributed by atoms with Crippen molar-refractivity contribution in [3.63, 3.8) is 0 Å². The van der Waals surface area contributed by atoms with E-state index in [1.54, 1.807) is 0 Å². The molecule has 1 amide bonds. The average molecular weight is 211 g/mol. The fourth-order valence-corrected chi connectivity index (χ4v) is 2.53. The molecule has 2 fully saturated rings. The maximum atomic E-state index is 11.7. The van der Waals surface area contributed by atoms with Crippen LogP contribution in [0.3, 0.4) is 0 Å².